The Bertz CT molecular complexity index is 951. The number of halogens is 1. The number of nitrogens with zero attached hydrogens (tertiary/aromatic N) is 1. The van der Waals surface area contributed by atoms with Crippen molar-refractivity contribution in [2.24, 2.45) is 0 Å². The Labute approximate surface area is 144 Å². The van der Waals surface area contributed by atoms with Crippen LogP contribution in [-0.4, -0.2) is 13.4 Å². The number of hydrogen-bond acceptors (Lipinski definition) is 4. The highest BCUT2D eigenvalue weighted by Crippen LogP contribution is 2.25. The molecule has 1 N–H and O–H groups in total. The monoisotopic (exact) mass is 362 g/mol. The summed E-state index contributed by atoms with van der Waals surface area (Å²) in [5, 5.41) is 2.88. The van der Waals surface area contributed by atoms with Gasteiger partial charge in [0.2, 0.25) is 10.0 Å². The van der Waals surface area contributed by atoms with Gasteiger partial charge < -0.3 is 0 Å². The molecule has 0 fully saturated rings. The van der Waals surface area contributed by atoms with Gasteiger partial charge in [-0.3, -0.25) is 4.72 Å². The number of rotatable bonds is 5. The summed E-state index contributed by atoms with van der Waals surface area (Å²) in [6, 6.07) is 12.5. The fraction of sp³-hybridized carbons (Fsp3) is 0.118. The molecule has 0 aliphatic carbocycles. The molecule has 0 spiro atoms. The number of hydrogen-bond donors (Lipinski definition) is 1. The summed E-state index contributed by atoms with van der Waals surface area (Å²) < 4.78 is 40.0. The lowest BCUT2D eigenvalue weighted by atomic mass is 10.1. The normalized spacial score (nSPS) is 11.4. The minimum Gasteiger partial charge on any atom is -0.283 e. The van der Waals surface area contributed by atoms with E-state index in [-0.39, 0.29) is 5.75 Å². The molecule has 3 rings (SSSR count). The van der Waals surface area contributed by atoms with Crippen molar-refractivity contribution in [1.82, 2.24) is 4.98 Å². The molecule has 0 saturated carbocycles. The molecule has 0 unspecified atom stereocenters. The second-order valence-electron chi connectivity index (χ2n) is 5.32. The van der Waals surface area contributed by atoms with Gasteiger partial charge in [0.1, 0.15) is 5.82 Å². The fourth-order valence-corrected chi connectivity index (χ4v) is 4.07. The second kappa shape index (κ2) is 6.70. The molecular formula is C17H15FN2O2S2. The van der Waals surface area contributed by atoms with Crippen LogP contribution in [0.4, 0.5) is 10.1 Å². The number of aromatic nitrogens is 1. The molecule has 0 saturated heterocycles. The minimum atomic E-state index is -3.58. The molecule has 24 heavy (non-hydrogen) atoms. The molecule has 0 bridgehead atoms. The molecule has 0 atom stereocenters. The average molecular weight is 362 g/mol. The lowest BCUT2D eigenvalue weighted by Crippen LogP contribution is -2.15. The van der Waals surface area contributed by atoms with Gasteiger partial charge in [-0.2, -0.15) is 0 Å². The van der Waals surface area contributed by atoms with Crippen molar-refractivity contribution in [2.45, 2.75) is 12.7 Å². The number of benzene rings is 2. The first kappa shape index (κ1) is 16.6. The zero-order valence-electron chi connectivity index (χ0n) is 12.9. The maximum Gasteiger partial charge on any atom is 0.236 e. The smallest absolute Gasteiger partial charge is 0.236 e. The van der Waals surface area contributed by atoms with Gasteiger partial charge in [-0.15, -0.1) is 11.3 Å². The van der Waals surface area contributed by atoms with E-state index in [2.05, 4.69) is 9.71 Å². The standard InChI is InChI=1S/C17H15FN2O2S2/c1-12-19-17(10-23-12)14-3-2-4-16(9-14)20-24(21,22)11-13-5-7-15(18)8-6-13/h2-10,20H,11H2,1H3. The van der Waals surface area contributed by atoms with Crippen molar-refractivity contribution in [3.63, 3.8) is 0 Å². The SMILES string of the molecule is Cc1nc(-c2cccc(NS(=O)(=O)Cc3ccc(F)cc3)c2)cs1. The molecule has 1 heterocycles. The molecular weight excluding hydrogens is 347 g/mol. The van der Waals surface area contributed by atoms with Crippen LogP contribution in [0.25, 0.3) is 11.3 Å². The number of aryl methyl sites for hydroxylation is 1. The highest BCUT2D eigenvalue weighted by atomic mass is 32.2. The van der Waals surface area contributed by atoms with Gasteiger partial charge in [0, 0.05) is 16.6 Å². The highest BCUT2D eigenvalue weighted by Gasteiger charge is 2.13. The van der Waals surface area contributed by atoms with Crippen LogP contribution in [0.5, 0.6) is 0 Å². The number of anilines is 1. The van der Waals surface area contributed by atoms with Crippen molar-refractivity contribution in [2.75, 3.05) is 4.72 Å². The van der Waals surface area contributed by atoms with E-state index >= 15 is 0 Å². The first-order chi connectivity index (χ1) is 11.4. The zero-order valence-corrected chi connectivity index (χ0v) is 14.5. The van der Waals surface area contributed by atoms with Crippen molar-refractivity contribution >= 4 is 27.0 Å². The first-order valence-electron chi connectivity index (χ1n) is 7.19. The average Bonchev–Trinajstić information content (AvgIpc) is 2.96. The van der Waals surface area contributed by atoms with Crippen LogP contribution in [0.3, 0.4) is 0 Å². The second-order valence-corrected chi connectivity index (χ2v) is 8.10. The molecule has 0 aliphatic rings. The predicted molar refractivity (Wildman–Crippen MR) is 94.9 cm³/mol. The molecule has 4 nitrogen and oxygen atoms in total. The van der Waals surface area contributed by atoms with Crippen LogP contribution in [0, 0.1) is 12.7 Å². The van der Waals surface area contributed by atoms with E-state index in [9.17, 15) is 12.8 Å². The number of nitrogens with one attached hydrogen (secondary N) is 1. The fourth-order valence-electron chi connectivity index (χ4n) is 2.25. The summed E-state index contributed by atoms with van der Waals surface area (Å²) >= 11 is 1.54. The molecule has 2 aromatic carbocycles. The van der Waals surface area contributed by atoms with Gasteiger partial charge in [0.25, 0.3) is 0 Å². The van der Waals surface area contributed by atoms with E-state index in [1.165, 1.54) is 24.3 Å². The quantitative estimate of drug-likeness (QED) is 0.740. The maximum absolute atomic E-state index is 12.9. The minimum absolute atomic E-state index is 0.215. The molecule has 124 valence electrons. The molecule has 0 amide bonds. The predicted octanol–water partition coefficient (Wildman–Crippen LogP) is 4.20. The van der Waals surface area contributed by atoms with Gasteiger partial charge in [-0.05, 0) is 36.8 Å². The third kappa shape index (κ3) is 4.18. The maximum atomic E-state index is 12.9. The van der Waals surface area contributed by atoms with E-state index in [0.717, 1.165) is 16.3 Å². The summed E-state index contributed by atoms with van der Waals surface area (Å²) in [6.07, 6.45) is 0. The van der Waals surface area contributed by atoms with E-state index in [0.29, 0.717) is 11.3 Å². The van der Waals surface area contributed by atoms with Gasteiger partial charge >= 0.3 is 0 Å². The third-order valence-electron chi connectivity index (χ3n) is 3.32. The first-order valence-corrected chi connectivity index (χ1v) is 9.72. The molecule has 0 aliphatic heterocycles. The Morgan fingerprint density at radius 1 is 1.17 bits per heavy atom. The van der Waals surface area contributed by atoms with E-state index in [4.69, 9.17) is 0 Å². The summed E-state index contributed by atoms with van der Waals surface area (Å²) in [6.45, 7) is 1.92. The van der Waals surface area contributed by atoms with Gasteiger partial charge in [0.15, 0.2) is 0 Å². The Balaban J connectivity index is 1.78. The van der Waals surface area contributed by atoms with Crippen LogP contribution < -0.4 is 4.72 Å². The Hall–Kier alpha value is -2.25. The van der Waals surface area contributed by atoms with E-state index < -0.39 is 15.8 Å². The molecule has 1 aromatic heterocycles. The van der Waals surface area contributed by atoms with Gasteiger partial charge in [-0.1, -0.05) is 24.3 Å². The molecule has 3 aromatic rings. The van der Waals surface area contributed by atoms with Crippen molar-refractivity contribution in [1.29, 1.82) is 0 Å². The lowest BCUT2D eigenvalue weighted by Gasteiger charge is -2.09. The zero-order chi connectivity index (χ0) is 17.2. The number of sulfonamides is 1. The molecule has 7 heteroatoms. The highest BCUT2D eigenvalue weighted by molar-refractivity contribution is 7.91. The summed E-state index contributed by atoms with van der Waals surface area (Å²) in [7, 11) is -3.58. The molecule has 0 radical (unpaired) electrons. The summed E-state index contributed by atoms with van der Waals surface area (Å²) in [5.41, 5.74) is 2.66. The van der Waals surface area contributed by atoms with Gasteiger partial charge in [-0.25, -0.2) is 17.8 Å². The largest absolute Gasteiger partial charge is 0.283 e. The Morgan fingerprint density at radius 3 is 2.58 bits per heavy atom. The van der Waals surface area contributed by atoms with Crippen molar-refractivity contribution < 1.29 is 12.8 Å². The van der Waals surface area contributed by atoms with E-state index in [1.54, 1.807) is 29.5 Å². The van der Waals surface area contributed by atoms with E-state index in [1.807, 2.05) is 18.4 Å². The van der Waals surface area contributed by atoms with Gasteiger partial charge in [0.05, 0.1) is 16.5 Å². The third-order valence-corrected chi connectivity index (χ3v) is 5.35. The van der Waals surface area contributed by atoms with Crippen LogP contribution in [0.15, 0.2) is 53.9 Å². The number of thiazole rings is 1. The Morgan fingerprint density at radius 2 is 1.92 bits per heavy atom. The topological polar surface area (TPSA) is 59.1 Å². The van der Waals surface area contributed by atoms with Crippen LogP contribution in [0.1, 0.15) is 10.6 Å². The van der Waals surface area contributed by atoms with Crippen molar-refractivity contribution in [3.05, 3.63) is 70.3 Å². The Kier molecular flexibility index (Phi) is 4.64. The van der Waals surface area contributed by atoms with Crippen molar-refractivity contribution in [3.8, 4) is 11.3 Å². The lowest BCUT2D eigenvalue weighted by molar-refractivity contribution is 0.600. The van der Waals surface area contributed by atoms with Crippen LogP contribution in [0.2, 0.25) is 0 Å². The van der Waals surface area contributed by atoms with Crippen LogP contribution in [-0.2, 0) is 15.8 Å². The summed E-state index contributed by atoms with van der Waals surface area (Å²) in [4.78, 5) is 4.40. The summed E-state index contributed by atoms with van der Waals surface area (Å²) in [5.74, 6) is -0.608. The van der Waals surface area contributed by atoms with Crippen LogP contribution >= 0.6 is 11.3 Å².